The average Bonchev–Trinajstić information content (AvgIpc) is 2.87. The Hall–Kier alpha value is -2.08. The summed E-state index contributed by atoms with van der Waals surface area (Å²) < 4.78 is 4.76. The zero-order chi connectivity index (χ0) is 15.7. The van der Waals surface area contributed by atoms with Crippen molar-refractivity contribution in [3.63, 3.8) is 0 Å². The first-order valence-electron chi connectivity index (χ1n) is 7.48. The van der Waals surface area contributed by atoms with Crippen LogP contribution in [-0.4, -0.2) is 54.7 Å². The van der Waals surface area contributed by atoms with Crippen molar-refractivity contribution in [3.8, 4) is 5.75 Å². The maximum absolute atomic E-state index is 12.6. The minimum absolute atomic E-state index is 0.00292. The Labute approximate surface area is 129 Å². The lowest BCUT2D eigenvalue weighted by atomic mass is 9.96. The van der Waals surface area contributed by atoms with Crippen molar-refractivity contribution in [2.24, 2.45) is 0 Å². The van der Waals surface area contributed by atoms with Crippen LogP contribution in [0, 0.1) is 0 Å². The number of nitrogens with zero attached hydrogens (tertiary/aromatic N) is 1. The van der Waals surface area contributed by atoms with Crippen molar-refractivity contribution in [1.29, 1.82) is 0 Å². The Morgan fingerprint density at radius 2 is 2.18 bits per heavy atom. The van der Waals surface area contributed by atoms with Gasteiger partial charge in [0.1, 0.15) is 12.4 Å². The van der Waals surface area contributed by atoms with Crippen molar-refractivity contribution in [2.75, 3.05) is 26.8 Å². The highest BCUT2D eigenvalue weighted by molar-refractivity contribution is 5.87. The third-order valence-electron chi connectivity index (χ3n) is 4.36. The Morgan fingerprint density at radius 3 is 2.91 bits per heavy atom. The number of carbonyl (C=O) groups excluding carboxylic acids is 2. The molecule has 1 aromatic carbocycles. The quantitative estimate of drug-likeness (QED) is 0.844. The topological polar surface area (TPSA) is 78.9 Å². The molecule has 22 heavy (non-hydrogen) atoms. The van der Waals surface area contributed by atoms with E-state index in [-0.39, 0.29) is 36.1 Å². The van der Waals surface area contributed by atoms with Crippen LogP contribution in [0.15, 0.2) is 18.2 Å². The van der Waals surface area contributed by atoms with Crippen LogP contribution in [0.1, 0.15) is 23.5 Å². The van der Waals surface area contributed by atoms with E-state index in [0.29, 0.717) is 13.1 Å². The molecule has 1 aliphatic heterocycles. The van der Waals surface area contributed by atoms with Gasteiger partial charge >= 0.3 is 0 Å². The first-order valence-corrected chi connectivity index (χ1v) is 7.48. The smallest absolute Gasteiger partial charge is 0.246 e. The lowest BCUT2D eigenvalue weighted by Gasteiger charge is -2.41. The Kier molecular flexibility index (Phi) is 4.02. The summed E-state index contributed by atoms with van der Waals surface area (Å²) in [6.45, 7) is 1.08. The lowest BCUT2D eigenvalue weighted by molar-refractivity contribution is -0.140. The molecular formula is C16H20N2O4. The normalized spacial score (nSPS) is 20.4. The van der Waals surface area contributed by atoms with Gasteiger partial charge in [-0.05, 0) is 24.5 Å². The first kappa shape index (κ1) is 14.8. The summed E-state index contributed by atoms with van der Waals surface area (Å²) in [4.78, 5) is 25.7. The number of likely N-dealkylation sites (tertiary alicyclic amines) is 1. The lowest BCUT2D eigenvalue weighted by Crippen LogP contribution is -2.62. The number of phenolic OH excluding ortho intramolecular Hbond substituents is 1. The second kappa shape index (κ2) is 5.96. The molecule has 0 saturated carbocycles. The summed E-state index contributed by atoms with van der Waals surface area (Å²) in [5.41, 5.74) is 1.84. The van der Waals surface area contributed by atoms with Crippen LogP contribution in [-0.2, 0) is 20.7 Å². The maximum Gasteiger partial charge on any atom is 0.246 e. The van der Waals surface area contributed by atoms with E-state index in [4.69, 9.17) is 4.74 Å². The van der Waals surface area contributed by atoms with Gasteiger partial charge in [0.25, 0.3) is 0 Å². The summed E-state index contributed by atoms with van der Waals surface area (Å²) in [6.07, 6.45) is 1.56. The molecule has 1 aliphatic carbocycles. The molecule has 2 N–H and O–H groups in total. The number of ether oxygens (including phenoxy) is 1. The molecule has 1 unspecified atom stereocenters. The van der Waals surface area contributed by atoms with E-state index in [1.54, 1.807) is 11.0 Å². The number of nitrogens with one attached hydrogen (secondary N) is 1. The number of carbonyl (C=O) groups is 2. The van der Waals surface area contributed by atoms with Gasteiger partial charge in [0, 0.05) is 25.8 Å². The van der Waals surface area contributed by atoms with Crippen LogP contribution in [0.5, 0.6) is 5.75 Å². The minimum Gasteiger partial charge on any atom is -0.508 e. The summed E-state index contributed by atoms with van der Waals surface area (Å²) in [5, 5.41) is 12.8. The van der Waals surface area contributed by atoms with Gasteiger partial charge in [-0.25, -0.2) is 0 Å². The molecule has 118 valence electrons. The van der Waals surface area contributed by atoms with E-state index in [0.717, 1.165) is 24.0 Å². The third-order valence-corrected chi connectivity index (χ3v) is 4.36. The molecule has 3 rings (SSSR count). The van der Waals surface area contributed by atoms with Crippen LogP contribution in [0.4, 0.5) is 0 Å². The number of aryl methyl sites for hydroxylation is 1. The predicted octanol–water partition coefficient (Wildman–Crippen LogP) is 0.395. The highest BCUT2D eigenvalue weighted by atomic mass is 16.5. The van der Waals surface area contributed by atoms with E-state index in [9.17, 15) is 14.7 Å². The molecule has 2 amide bonds. The van der Waals surface area contributed by atoms with Gasteiger partial charge in [-0.15, -0.1) is 0 Å². The van der Waals surface area contributed by atoms with E-state index in [2.05, 4.69) is 5.32 Å². The Balaban J connectivity index is 1.59. The molecule has 1 atom stereocenters. The number of benzene rings is 1. The third kappa shape index (κ3) is 2.66. The minimum atomic E-state index is -0.258. The highest BCUT2D eigenvalue weighted by Crippen LogP contribution is 2.40. The largest absolute Gasteiger partial charge is 0.508 e. The van der Waals surface area contributed by atoms with E-state index >= 15 is 0 Å². The zero-order valence-electron chi connectivity index (χ0n) is 12.5. The zero-order valence-corrected chi connectivity index (χ0v) is 12.5. The molecule has 6 heteroatoms. The molecule has 6 nitrogen and oxygen atoms in total. The molecule has 1 aromatic rings. The molecule has 1 heterocycles. The SMILES string of the molecule is COCC(=O)NC1CN(C(=O)C2CCc3cccc(O)c32)C1. The number of aromatic hydroxyl groups is 1. The fraction of sp³-hybridized carbons (Fsp3) is 0.500. The van der Waals surface area contributed by atoms with Crippen molar-refractivity contribution < 1.29 is 19.4 Å². The molecule has 0 radical (unpaired) electrons. The second-order valence-corrected chi connectivity index (χ2v) is 5.88. The molecule has 0 aromatic heterocycles. The number of hydrogen-bond acceptors (Lipinski definition) is 4. The molecular weight excluding hydrogens is 284 g/mol. The molecule has 1 saturated heterocycles. The highest BCUT2D eigenvalue weighted by Gasteiger charge is 2.39. The first-order chi connectivity index (χ1) is 10.6. The van der Waals surface area contributed by atoms with Crippen LogP contribution >= 0.6 is 0 Å². The molecule has 1 fully saturated rings. The van der Waals surface area contributed by atoms with Gasteiger partial charge in [-0.2, -0.15) is 0 Å². The van der Waals surface area contributed by atoms with Crippen LogP contribution < -0.4 is 5.32 Å². The number of fused-ring (bicyclic) bond motifs is 1. The summed E-state index contributed by atoms with van der Waals surface area (Å²) in [6, 6.07) is 5.41. The summed E-state index contributed by atoms with van der Waals surface area (Å²) >= 11 is 0. The fourth-order valence-corrected chi connectivity index (χ4v) is 3.28. The van der Waals surface area contributed by atoms with Gasteiger partial charge < -0.3 is 20.1 Å². The van der Waals surface area contributed by atoms with Crippen LogP contribution in [0.2, 0.25) is 0 Å². The predicted molar refractivity (Wildman–Crippen MR) is 79.6 cm³/mol. The summed E-state index contributed by atoms with van der Waals surface area (Å²) in [7, 11) is 1.47. The number of rotatable bonds is 4. The second-order valence-electron chi connectivity index (χ2n) is 5.88. The molecule has 0 spiro atoms. The van der Waals surface area contributed by atoms with Crippen molar-refractivity contribution in [1.82, 2.24) is 10.2 Å². The number of methoxy groups -OCH3 is 1. The monoisotopic (exact) mass is 304 g/mol. The Morgan fingerprint density at radius 1 is 1.41 bits per heavy atom. The molecule has 0 bridgehead atoms. The van der Waals surface area contributed by atoms with Gasteiger partial charge in [0.05, 0.1) is 12.0 Å². The standard InChI is InChI=1S/C16H20N2O4/c1-22-9-14(20)17-11-7-18(8-11)16(21)12-6-5-10-3-2-4-13(19)15(10)12/h2-4,11-12,19H,5-9H2,1H3,(H,17,20). The van der Waals surface area contributed by atoms with Gasteiger partial charge in [0.2, 0.25) is 11.8 Å². The average molecular weight is 304 g/mol. The van der Waals surface area contributed by atoms with Gasteiger partial charge in [-0.1, -0.05) is 12.1 Å². The van der Waals surface area contributed by atoms with Crippen molar-refractivity contribution in [2.45, 2.75) is 24.8 Å². The van der Waals surface area contributed by atoms with Gasteiger partial charge in [-0.3, -0.25) is 9.59 Å². The van der Waals surface area contributed by atoms with Crippen LogP contribution in [0.3, 0.4) is 0 Å². The fourth-order valence-electron chi connectivity index (χ4n) is 3.28. The van der Waals surface area contributed by atoms with Crippen molar-refractivity contribution in [3.05, 3.63) is 29.3 Å². The van der Waals surface area contributed by atoms with E-state index in [1.807, 2.05) is 12.1 Å². The van der Waals surface area contributed by atoms with E-state index < -0.39 is 0 Å². The molecule has 2 aliphatic rings. The van der Waals surface area contributed by atoms with Crippen LogP contribution in [0.25, 0.3) is 0 Å². The Bertz CT molecular complexity index is 596. The number of amides is 2. The summed E-state index contributed by atoms with van der Waals surface area (Å²) in [5.74, 6) is -0.174. The maximum atomic E-state index is 12.6. The number of hydrogen-bond donors (Lipinski definition) is 2. The van der Waals surface area contributed by atoms with Crippen molar-refractivity contribution >= 4 is 11.8 Å². The number of phenols is 1. The van der Waals surface area contributed by atoms with Gasteiger partial charge in [0.15, 0.2) is 0 Å². The van der Waals surface area contributed by atoms with E-state index in [1.165, 1.54) is 7.11 Å².